The van der Waals surface area contributed by atoms with Gasteiger partial charge in [0, 0.05) is 42.2 Å². The number of carbonyl (C=O) groups is 3. The molecular weight excluding hydrogens is 670 g/mol. The van der Waals surface area contributed by atoms with Crippen molar-refractivity contribution in [1.29, 1.82) is 0 Å². The van der Waals surface area contributed by atoms with Crippen LogP contribution in [0.25, 0.3) is 22.3 Å². The Morgan fingerprint density at radius 2 is 1.79 bits per heavy atom. The lowest BCUT2D eigenvalue weighted by atomic mass is 9.85. The normalized spacial score (nSPS) is 20.2. The molecule has 2 fully saturated rings. The maximum Gasteiger partial charge on any atom is 0.509 e. The molecule has 0 spiro atoms. The fourth-order valence-electron chi connectivity index (χ4n) is 8.17. The minimum atomic E-state index is -1.88. The Kier molecular flexibility index (Phi) is 10.5. The Bertz CT molecular complexity index is 1910. The van der Waals surface area contributed by atoms with Gasteiger partial charge in [0.05, 0.1) is 42.2 Å². The van der Waals surface area contributed by atoms with E-state index in [4.69, 9.17) is 34.4 Å². The number of pyridine rings is 2. The van der Waals surface area contributed by atoms with E-state index in [1.807, 2.05) is 19.1 Å². The van der Waals surface area contributed by atoms with Crippen molar-refractivity contribution in [3.8, 4) is 17.1 Å². The van der Waals surface area contributed by atoms with E-state index in [0.717, 1.165) is 42.4 Å². The second-order valence-electron chi connectivity index (χ2n) is 13.8. The maximum absolute atomic E-state index is 14.1. The van der Waals surface area contributed by atoms with Crippen LogP contribution in [0.1, 0.15) is 74.6 Å². The van der Waals surface area contributed by atoms with Crippen molar-refractivity contribution in [3.05, 3.63) is 56.9 Å². The highest BCUT2D eigenvalue weighted by molar-refractivity contribution is 5.90. The molecule has 2 aromatic heterocycles. The summed E-state index contributed by atoms with van der Waals surface area (Å²) in [6, 6.07) is 7.66. The van der Waals surface area contributed by atoms with Crippen LogP contribution in [0.5, 0.6) is 5.75 Å². The molecule has 3 aromatic rings. The number of esters is 1. The van der Waals surface area contributed by atoms with Crippen molar-refractivity contribution in [2.75, 3.05) is 52.5 Å². The van der Waals surface area contributed by atoms with Crippen molar-refractivity contribution >= 4 is 29.1 Å². The number of hydrogen-bond acceptors (Lipinski definition) is 12. The minimum Gasteiger partial charge on any atom is -0.457 e. The van der Waals surface area contributed by atoms with Crippen LogP contribution in [0.3, 0.4) is 0 Å². The van der Waals surface area contributed by atoms with Crippen LogP contribution < -0.4 is 16.0 Å². The van der Waals surface area contributed by atoms with Crippen molar-refractivity contribution in [2.45, 2.75) is 83.6 Å². The molecule has 52 heavy (non-hydrogen) atoms. The Morgan fingerprint density at radius 3 is 2.52 bits per heavy atom. The molecule has 7 rings (SSSR count). The first-order chi connectivity index (χ1) is 25.3. The fourth-order valence-corrected chi connectivity index (χ4v) is 8.17. The molecule has 1 aromatic carbocycles. The summed E-state index contributed by atoms with van der Waals surface area (Å²) >= 11 is 0. The summed E-state index contributed by atoms with van der Waals surface area (Å²) in [4.78, 5) is 62.8. The number of fused-ring (bicyclic) bond motifs is 5. The molecule has 0 bridgehead atoms. The van der Waals surface area contributed by atoms with E-state index in [1.165, 1.54) is 19.3 Å². The minimum absolute atomic E-state index is 0.0106. The molecule has 6 heterocycles. The van der Waals surface area contributed by atoms with Crippen LogP contribution >= 0.6 is 0 Å². The lowest BCUT2D eigenvalue weighted by molar-refractivity contribution is -0.175. The zero-order valence-corrected chi connectivity index (χ0v) is 29.9. The van der Waals surface area contributed by atoms with E-state index in [2.05, 4.69) is 4.90 Å². The summed E-state index contributed by atoms with van der Waals surface area (Å²) in [7, 11) is 0. The number of cyclic esters (lactones) is 1. The lowest BCUT2D eigenvalue weighted by Gasteiger charge is -2.39. The van der Waals surface area contributed by atoms with Gasteiger partial charge in [0.1, 0.15) is 19.0 Å². The number of piperidine rings is 2. The number of amides is 1. The smallest absolute Gasteiger partial charge is 0.457 e. The number of aromatic nitrogens is 2. The summed E-state index contributed by atoms with van der Waals surface area (Å²) in [5, 5.41) is 0.837. The third kappa shape index (κ3) is 6.63. The zero-order valence-electron chi connectivity index (χ0n) is 29.9. The highest BCUT2D eigenvalue weighted by Crippen LogP contribution is 2.42. The molecule has 14 nitrogen and oxygen atoms in total. The van der Waals surface area contributed by atoms with Crippen LogP contribution in [-0.4, -0.2) is 96.2 Å². The number of hydrogen-bond donors (Lipinski definition) is 1. The van der Waals surface area contributed by atoms with Gasteiger partial charge in [0.15, 0.2) is 0 Å². The van der Waals surface area contributed by atoms with Crippen molar-refractivity contribution in [2.24, 2.45) is 5.73 Å². The van der Waals surface area contributed by atoms with Gasteiger partial charge in [-0.15, -0.1) is 0 Å². The van der Waals surface area contributed by atoms with Crippen LogP contribution in [0.2, 0.25) is 0 Å². The average Bonchev–Trinajstić information content (AvgIpc) is 3.53. The van der Waals surface area contributed by atoms with Gasteiger partial charge in [0.2, 0.25) is 5.60 Å². The number of nitrogens with two attached hydrogens (primary N) is 1. The molecule has 0 aliphatic carbocycles. The molecule has 0 radical (unpaired) electrons. The summed E-state index contributed by atoms with van der Waals surface area (Å²) in [6.07, 6.45) is 4.92. The molecular formula is C38H47N5O9. The first-order valence-corrected chi connectivity index (χ1v) is 18.5. The summed E-state index contributed by atoms with van der Waals surface area (Å²) < 4.78 is 29.1. The van der Waals surface area contributed by atoms with E-state index >= 15 is 0 Å². The standard InChI is InChI=1S/C38H47N5O9/c1-3-26-27-20-25(51-36(46)42-15-10-24(11-16-42)41-13-6-5-7-14-41)8-9-31(27)40-33-28(26)22-43-32(33)21-30-29(34(43)44)23-50-35(45)38(30,4-2)52-37(47)49-19-18-48-17-12-39/h8-9,20-21,24H,3-7,10-19,22-23,39H2,1-2H3/t38-/m0/s1. The molecule has 278 valence electrons. The van der Waals surface area contributed by atoms with Crippen LogP contribution in [0.4, 0.5) is 9.59 Å². The van der Waals surface area contributed by atoms with Gasteiger partial charge in [-0.2, -0.15) is 0 Å². The van der Waals surface area contributed by atoms with Gasteiger partial charge in [-0.25, -0.2) is 19.4 Å². The SMILES string of the molecule is CCc1c2c(nc3ccc(OC(=O)N4CCC(N5CCCCC5)CC4)cc13)-c1cc3c(c(=O)n1C2)COC(=O)[C@@]3(CC)OC(=O)OCCOCCN. The zero-order chi connectivity index (χ0) is 36.4. The highest BCUT2D eigenvalue weighted by Gasteiger charge is 2.51. The van der Waals surface area contributed by atoms with Crippen molar-refractivity contribution in [3.63, 3.8) is 0 Å². The predicted octanol–water partition coefficient (Wildman–Crippen LogP) is 4.23. The summed E-state index contributed by atoms with van der Waals surface area (Å²) in [5.74, 6) is -0.343. The average molecular weight is 718 g/mol. The molecule has 4 aliphatic heterocycles. The Labute approximate surface area is 302 Å². The Balaban J connectivity index is 1.14. The summed E-state index contributed by atoms with van der Waals surface area (Å²) in [6.45, 7) is 8.01. The fraction of sp³-hybridized carbons (Fsp3) is 0.553. The number of nitrogens with zero attached hydrogens (tertiary/aromatic N) is 4. The van der Waals surface area contributed by atoms with Gasteiger partial charge in [-0.3, -0.25) is 4.79 Å². The first kappa shape index (κ1) is 35.9. The number of aryl methyl sites for hydroxylation is 1. The van der Waals surface area contributed by atoms with E-state index < -0.39 is 17.7 Å². The highest BCUT2D eigenvalue weighted by atomic mass is 16.7. The molecule has 1 atom stereocenters. The monoisotopic (exact) mass is 717 g/mol. The van der Waals surface area contributed by atoms with Gasteiger partial charge in [0.25, 0.3) is 5.56 Å². The second-order valence-corrected chi connectivity index (χ2v) is 13.8. The quantitative estimate of drug-likeness (QED) is 0.184. The van der Waals surface area contributed by atoms with E-state index in [0.29, 0.717) is 61.4 Å². The first-order valence-electron chi connectivity index (χ1n) is 18.5. The van der Waals surface area contributed by atoms with Crippen LogP contribution in [-0.2, 0) is 48.9 Å². The van der Waals surface area contributed by atoms with Gasteiger partial charge < -0.3 is 43.8 Å². The third-order valence-electron chi connectivity index (χ3n) is 10.9. The second kappa shape index (κ2) is 15.2. The van der Waals surface area contributed by atoms with Crippen LogP contribution in [0, 0.1) is 0 Å². The summed E-state index contributed by atoms with van der Waals surface area (Å²) in [5.41, 5.74) is 7.31. The molecule has 2 N–H and O–H groups in total. The third-order valence-corrected chi connectivity index (χ3v) is 10.9. The number of rotatable bonds is 10. The molecule has 4 aliphatic rings. The van der Waals surface area contributed by atoms with E-state index in [1.54, 1.807) is 28.5 Å². The molecule has 0 unspecified atom stereocenters. The van der Waals surface area contributed by atoms with Crippen LogP contribution in [0.15, 0.2) is 29.1 Å². The van der Waals surface area contributed by atoms with Gasteiger partial charge in [-0.05, 0) is 81.4 Å². The van der Waals surface area contributed by atoms with Crippen molar-refractivity contribution in [1.82, 2.24) is 19.4 Å². The molecule has 1 amide bonds. The Hall–Kier alpha value is -4.53. The molecule has 14 heteroatoms. The van der Waals surface area contributed by atoms with E-state index in [9.17, 15) is 19.2 Å². The number of carbonyl (C=O) groups excluding carboxylic acids is 3. The van der Waals surface area contributed by atoms with Crippen molar-refractivity contribution < 1.29 is 38.1 Å². The number of ether oxygens (including phenoxy) is 5. The topological polar surface area (TPSA) is 165 Å². The molecule has 0 saturated carbocycles. The largest absolute Gasteiger partial charge is 0.509 e. The number of benzene rings is 1. The van der Waals surface area contributed by atoms with Gasteiger partial charge >= 0.3 is 18.2 Å². The van der Waals surface area contributed by atoms with Gasteiger partial charge in [-0.1, -0.05) is 20.3 Å². The Morgan fingerprint density at radius 1 is 1.00 bits per heavy atom. The predicted molar refractivity (Wildman–Crippen MR) is 190 cm³/mol. The maximum atomic E-state index is 14.1. The number of likely N-dealkylation sites (tertiary alicyclic amines) is 2. The van der Waals surface area contributed by atoms with E-state index in [-0.39, 0.29) is 55.6 Å². The molecule has 2 saturated heterocycles. The lowest BCUT2D eigenvalue weighted by Crippen LogP contribution is -2.48.